The van der Waals surface area contributed by atoms with Crippen molar-refractivity contribution in [3.05, 3.63) is 5.69 Å². The summed E-state index contributed by atoms with van der Waals surface area (Å²) in [4.78, 5) is 0. The van der Waals surface area contributed by atoms with E-state index in [9.17, 15) is 5.11 Å². The number of nitrogens with two attached hydrogens (primary N) is 1. The highest BCUT2D eigenvalue weighted by Gasteiger charge is 2.21. The number of aromatic nitrogens is 2. The van der Waals surface area contributed by atoms with Gasteiger partial charge in [0.15, 0.2) is 0 Å². The van der Waals surface area contributed by atoms with Crippen molar-refractivity contribution < 1.29 is 5.11 Å². The van der Waals surface area contributed by atoms with Crippen LogP contribution in [-0.4, -0.2) is 39.0 Å². The number of nitrogen functional groups attached to an aromatic ring is 1. The Balaban J connectivity index is 2.73. The average molecular weight is 272 g/mol. The highest BCUT2D eigenvalue weighted by atomic mass is 32.2. The van der Waals surface area contributed by atoms with Crippen molar-refractivity contribution in [3.63, 3.8) is 0 Å². The lowest BCUT2D eigenvalue weighted by Gasteiger charge is -2.23. The van der Waals surface area contributed by atoms with E-state index < -0.39 is 5.60 Å². The predicted octanol–water partition coefficient (Wildman–Crippen LogP) is 1.48. The van der Waals surface area contributed by atoms with Crippen molar-refractivity contribution in [2.45, 2.75) is 32.3 Å². The van der Waals surface area contributed by atoms with Gasteiger partial charge in [0.1, 0.15) is 5.82 Å². The van der Waals surface area contributed by atoms with Crippen LogP contribution in [0, 0.1) is 0 Å². The maximum absolute atomic E-state index is 10.1. The van der Waals surface area contributed by atoms with Gasteiger partial charge in [0.25, 0.3) is 0 Å². The first-order chi connectivity index (χ1) is 8.41. The smallest absolute Gasteiger partial charge is 0.147 e. The lowest BCUT2D eigenvalue weighted by atomic mass is 10.1. The molecule has 0 bridgehead atoms. The van der Waals surface area contributed by atoms with Crippen LogP contribution in [0.3, 0.4) is 0 Å². The van der Waals surface area contributed by atoms with E-state index in [0.717, 1.165) is 24.4 Å². The lowest BCUT2D eigenvalue weighted by Crippen LogP contribution is -2.36. The molecule has 4 N–H and O–H groups in total. The number of nitrogens with one attached hydrogen (secondary N) is 1. The molecule has 1 atom stereocenters. The van der Waals surface area contributed by atoms with Crippen LogP contribution in [0.1, 0.15) is 26.0 Å². The second-order valence-corrected chi connectivity index (χ2v) is 5.73. The third-order valence-corrected chi connectivity index (χ3v) is 3.65. The lowest BCUT2D eigenvalue weighted by molar-refractivity contribution is 0.0996. The summed E-state index contributed by atoms with van der Waals surface area (Å²) in [7, 11) is 1.86. The molecule has 0 aromatic carbocycles. The van der Waals surface area contributed by atoms with E-state index in [2.05, 4.69) is 17.3 Å². The summed E-state index contributed by atoms with van der Waals surface area (Å²) >= 11 is 1.62. The maximum atomic E-state index is 10.1. The van der Waals surface area contributed by atoms with E-state index >= 15 is 0 Å². The van der Waals surface area contributed by atoms with Gasteiger partial charge in [-0.25, -0.2) is 0 Å². The van der Waals surface area contributed by atoms with E-state index in [4.69, 9.17) is 5.73 Å². The molecule has 5 nitrogen and oxygen atoms in total. The van der Waals surface area contributed by atoms with E-state index in [1.165, 1.54) is 0 Å². The number of hydrogen-bond donors (Lipinski definition) is 3. The average Bonchev–Trinajstić information content (AvgIpc) is 2.53. The fourth-order valence-electron chi connectivity index (χ4n) is 1.86. The van der Waals surface area contributed by atoms with Crippen molar-refractivity contribution in [3.8, 4) is 0 Å². The highest BCUT2D eigenvalue weighted by molar-refractivity contribution is 7.98. The van der Waals surface area contributed by atoms with E-state index in [-0.39, 0.29) is 0 Å². The van der Waals surface area contributed by atoms with Crippen LogP contribution in [0.15, 0.2) is 0 Å². The van der Waals surface area contributed by atoms with Gasteiger partial charge >= 0.3 is 0 Å². The topological polar surface area (TPSA) is 76.1 Å². The first-order valence-electron chi connectivity index (χ1n) is 6.17. The fourth-order valence-corrected chi connectivity index (χ4v) is 2.59. The molecule has 104 valence electrons. The molecule has 1 aromatic heterocycles. The van der Waals surface area contributed by atoms with Crippen molar-refractivity contribution in [2.24, 2.45) is 7.05 Å². The summed E-state index contributed by atoms with van der Waals surface area (Å²) in [6.45, 7) is 4.38. The first-order valence-corrected chi connectivity index (χ1v) is 7.57. The highest BCUT2D eigenvalue weighted by Crippen LogP contribution is 2.24. The van der Waals surface area contributed by atoms with Gasteiger partial charge < -0.3 is 16.2 Å². The van der Waals surface area contributed by atoms with Gasteiger partial charge in [-0.1, -0.05) is 13.3 Å². The molecule has 0 aliphatic carbocycles. The van der Waals surface area contributed by atoms with Crippen LogP contribution in [0.5, 0.6) is 0 Å². The van der Waals surface area contributed by atoms with E-state index in [1.807, 2.05) is 20.2 Å². The molecule has 0 saturated carbocycles. The molecule has 6 heteroatoms. The van der Waals surface area contributed by atoms with Gasteiger partial charge in [-0.05, 0) is 19.6 Å². The zero-order valence-corrected chi connectivity index (χ0v) is 12.5. The number of nitrogens with zero attached hydrogens (tertiary/aromatic N) is 2. The molecule has 0 aliphatic heterocycles. The molecular weight excluding hydrogens is 248 g/mol. The molecule has 1 unspecified atom stereocenters. The Bertz CT molecular complexity index is 390. The quantitative estimate of drug-likeness (QED) is 0.701. The van der Waals surface area contributed by atoms with Gasteiger partial charge in [-0.2, -0.15) is 16.9 Å². The molecular formula is C12H24N4OS. The summed E-state index contributed by atoms with van der Waals surface area (Å²) in [5.41, 5.74) is 6.93. The van der Waals surface area contributed by atoms with E-state index in [0.29, 0.717) is 18.0 Å². The van der Waals surface area contributed by atoms with Crippen molar-refractivity contribution in [1.82, 2.24) is 9.78 Å². The van der Waals surface area contributed by atoms with Crippen LogP contribution in [0.25, 0.3) is 0 Å². The summed E-state index contributed by atoms with van der Waals surface area (Å²) in [5, 5.41) is 17.7. The zero-order valence-electron chi connectivity index (χ0n) is 11.7. The van der Waals surface area contributed by atoms with Crippen LogP contribution in [0.2, 0.25) is 0 Å². The molecule has 0 aliphatic rings. The number of hydrogen-bond acceptors (Lipinski definition) is 5. The zero-order chi connectivity index (χ0) is 13.8. The Hall–Kier alpha value is -0.880. The third-order valence-electron chi connectivity index (χ3n) is 2.74. The van der Waals surface area contributed by atoms with Gasteiger partial charge in [0, 0.05) is 19.3 Å². The Morgan fingerprint density at radius 2 is 2.22 bits per heavy atom. The van der Waals surface area contributed by atoms with Gasteiger partial charge in [0.2, 0.25) is 0 Å². The molecule has 1 rings (SSSR count). The molecule has 1 heterocycles. The van der Waals surface area contributed by atoms with Gasteiger partial charge in [0.05, 0.1) is 17.0 Å². The second kappa shape index (κ2) is 6.33. The summed E-state index contributed by atoms with van der Waals surface area (Å²) < 4.78 is 1.75. The Morgan fingerprint density at radius 3 is 2.78 bits per heavy atom. The number of aliphatic hydroxyl groups is 1. The SMILES string of the molecule is CCCc1nn(C)c(NCC(C)(O)CSC)c1N. The number of thioether (sulfide) groups is 1. The Kier molecular flexibility index (Phi) is 5.34. The van der Waals surface area contributed by atoms with Crippen molar-refractivity contribution in [1.29, 1.82) is 0 Å². The number of rotatable bonds is 7. The normalized spacial score (nSPS) is 14.5. The monoisotopic (exact) mass is 272 g/mol. The van der Waals surface area contributed by atoms with Crippen molar-refractivity contribution in [2.75, 3.05) is 29.6 Å². The first kappa shape index (κ1) is 15.2. The fraction of sp³-hybridized carbons (Fsp3) is 0.750. The van der Waals surface area contributed by atoms with Gasteiger partial charge in [-0.3, -0.25) is 4.68 Å². The second-order valence-electron chi connectivity index (χ2n) is 4.87. The molecule has 0 amide bonds. The number of aryl methyl sites for hydroxylation is 2. The molecule has 0 spiro atoms. The van der Waals surface area contributed by atoms with Crippen LogP contribution in [0.4, 0.5) is 11.5 Å². The van der Waals surface area contributed by atoms with E-state index in [1.54, 1.807) is 16.4 Å². The molecule has 0 fully saturated rings. The maximum Gasteiger partial charge on any atom is 0.147 e. The van der Waals surface area contributed by atoms with Gasteiger partial charge in [-0.15, -0.1) is 0 Å². The van der Waals surface area contributed by atoms with Crippen LogP contribution < -0.4 is 11.1 Å². The van der Waals surface area contributed by atoms with Crippen LogP contribution >= 0.6 is 11.8 Å². The molecule has 18 heavy (non-hydrogen) atoms. The minimum Gasteiger partial charge on any atom is -0.394 e. The molecule has 0 radical (unpaired) electrons. The molecule has 0 saturated heterocycles. The summed E-state index contributed by atoms with van der Waals surface area (Å²) in [5.74, 6) is 1.47. The standard InChI is InChI=1S/C12H24N4OS/c1-5-6-9-10(13)11(16(3)15-9)14-7-12(2,17)8-18-4/h14,17H,5-8,13H2,1-4H3. The predicted molar refractivity (Wildman–Crippen MR) is 79.1 cm³/mol. The Labute approximate surface area is 113 Å². The largest absolute Gasteiger partial charge is 0.394 e. The summed E-state index contributed by atoms with van der Waals surface area (Å²) in [6, 6.07) is 0. The molecule has 1 aromatic rings. The Morgan fingerprint density at radius 1 is 1.56 bits per heavy atom. The third kappa shape index (κ3) is 3.81. The minimum atomic E-state index is -0.749. The van der Waals surface area contributed by atoms with Crippen molar-refractivity contribution >= 4 is 23.3 Å². The number of anilines is 2. The van der Waals surface area contributed by atoms with Crippen LogP contribution in [-0.2, 0) is 13.5 Å². The summed E-state index contributed by atoms with van der Waals surface area (Å²) in [6.07, 6.45) is 3.87. The minimum absolute atomic E-state index is 0.461.